The summed E-state index contributed by atoms with van der Waals surface area (Å²) in [6, 6.07) is 29.2. The van der Waals surface area contributed by atoms with E-state index in [4.69, 9.17) is 33.5 Å². The van der Waals surface area contributed by atoms with Gasteiger partial charge in [0.25, 0.3) is 11.8 Å². The first-order chi connectivity index (χ1) is 19.0. The van der Waals surface area contributed by atoms with Gasteiger partial charge in [-0.2, -0.15) is 0 Å². The van der Waals surface area contributed by atoms with Gasteiger partial charge in [0.05, 0.1) is 21.9 Å². The van der Waals surface area contributed by atoms with Gasteiger partial charge in [-0.25, -0.2) is 4.98 Å². The number of aromatic nitrogens is 2. The van der Waals surface area contributed by atoms with Crippen LogP contribution in [0.4, 0.5) is 5.69 Å². The van der Waals surface area contributed by atoms with Crippen molar-refractivity contribution < 1.29 is 14.3 Å². The number of nitrogens with one attached hydrogen (secondary N) is 1. The monoisotopic (exact) mass is 550 g/mol. The number of para-hydroxylation sites is 1. The second-order valence-corrected chi connectivity index (χ2v) is 9.42. The van der Waals surface area contributed by atoms with Crippen molar-refractivity contribution in [3.05, 3.63) is 120 Å². The highest BCUT2D eigenvalue weighted by atomic mass is 35.5. The summed E-state index contributed by atoms with van der Waals surface area (Å²) in [7, 11) is 0. The van der Waals surface area contributed by atoms with Gasteiger partial charge in [-0.05, 0) is 79.0 Å². The van der Waals surface area contributed by atoms with Crippen LogP contribution in [0.2, 0.25) is 5.02 Å². The van der Waals surface area contributed by atoms with Gasteiger partial charge in [-0.15, -0.1) is 0 Å². The Morgan fingerprint density at radius 3 is 2.31 bits per heavy atom. The minimum Gasteiger partial charge on any atom is -0.457 e. The molecule has 0 aliphatic carbocycles. The molecule has 2 amide bonds. The molecule has 0 atom stereocenters. The van der Waals surface area contributed by atoms with Gasteiger partial charge >= 0.3 is 0 Å². The van der Waals surface area contributed by atoms with Crippen LogP contribution in [-0.2, 0) is 9.59 Å². The first kappa shape index (κ1) is 24.5. The van der Waals surface area contributed by atoms with E-state index < -0.39 is 11.8 Å². The van der Waals surface area contributed by atoms with Crippen LogP contribution in [0.25, 0.3) is 23.0 Å². The maximum Gasteiger partial charge on any atom is 0.270 e. The predicted octanol–water partition coefficient (Wildman–Crippen LogP) is 6.28. The largest absolute Gasteiger partial charge is 0.457 e. The summed E-state index contributed by atoms with van der Waals surface area (Å²) in [4.78, 5) is 32.6. The fraction of sp³-hybridized carbons (Fsp3) is 0. The summed E-state index contributed by atoms with van der Waals surface area (Å²) in [6.45, 7) is 0. The number of carbonyl (C=O) groups excluding carboxylic acids is 2. The van der Waals surface area contributed by atoms with E-state index in [1.165, 1.54) is 11.0 Å². The van der Waals surface area contributed by atoms with E-state index in [9.17, 15) is 9.59 Å². The van der Waals surface area contributed by atoms with Crippen molar-refractivity contribution in [2.45, 2.75) is 0 Å². The van der Waals surface area contributed by atoms with Crippen LogP contribution in [-0.4, -0.2) is 26.3 Å². The van der Waals surface area contributed by atoms with Crippen molar-refractivity contribution in [2.24, 2.45) is 0 Å². The first-order valence-electron chi connectivity index (χ1n) is 12.0. The van der Waals surface area contributed by atoms with Gasteiger partial charge in [0.2, 0.25) is 0 Å². The summed E-state index contributed by atoms with van der Waals surface area (Å²) < 4.78 is 7.71. The van der Waals surface area contributed by atoms with Crippen LogP contribution in [0.5, 0.6) is 11.5 Å². The lowest BCUT2D eigenvalue weighted by atomic mass is 10.1. The standard InChI is InChI=1S/C30H19ClN4O3S/c31-24-11-5-4-10-22(24)27-32-25(26-12-6-7-17-34(26)27)18-23-28(36)33-30(39)35(29(23)37)19-13-15-21(16-14-19)38-20-8-2-1-3-9-20/h1-18H,(H,33,36,39). The van der Waals surface area contributed by atoms with Gasteiger partial charge in [-0.3, -0.25) is 24.2 Å². The number of hydrogen-bond donors (Lipinski definition) is 1. The highest BCUT2D eigenvalue weighted by Gasteiger charge is 2.35. The first-order valence-corrected chi connectivity index (χ1v) is 12.7. The number of fused-ring (bicyclic) bond motifs is 1. The third-order valence-corrected chi connectivity index (χ3v) is 6.76. The molecule has 9 heteroatoms. The summed E-state index contributed by atoms with van der Waals surface area (Å²) in [5.41, 5.74) is 2.28. The van der Waals surface area contributed by atoms with Crippen LogP contribution in [0.3, 0.4) is 0 Å². The predicted molar refractivity (Wildman–Crippen MR) is 155 cm³/mol. The number of hydrogen-bond acceptors (Lipinski definition) is 5. The number of rotatable bonds is 5. The quantitative estimate of drug-likeness (QED) is 0.158. The molecule has 3 aromatic carbocycles. The third kappa shape index (κ3) is 4.67. The Morgan fingerprint density at radius 2 is 1.54 bits per heavy atom. The summed E-state index contributed by atoms with van der Waals surface area (Å²) in [6.07, 6.45) is 3.33. The second-order valence-electron chi connectivity index (χ2n) is 8.62. The van der Waals surface area contributed by atoms with Gasteiger partial charge in [0, 0.05) is 11.8 Å². The van der Waals surface area contributed by atoms with Crippen LogP contribution in [0, 0.1) is 0 Å². The minimum atomic E-state index is -0.596. The Morgan fingerprint density at radius 1 is 0.846 bits per heavy atom. The van der Waals surface area contributed by atoms with Crippen LogP contribution in [0.15, 0.2) is 109 Å². The molecule has 6 rings (SSSR count). The van der Waals surface area contributed by atoms with Crippen LogP contribution in [0.1, 0.15) is 5.69 Å². The average molecular weight is 551 g/mol. The molecule has 1 aliphatic rings. The number of nitrogens with zero attached hydrogens (tertiary/aromatic N) is 3. The van der Waals surface area contributed by atoms with E-state index >= 15 is 0 Å². The van der Waals surface area contributed by atoms with Crippen molar-refractivity contribution in [3.63, 3.8) is 0 Å². The highest BCUT2D eigenvalue weighted by Crippen LogP contribution is 2.31. The summed E-state index contributed by atoms with van der Waals surface area (Å²) in [5, 5.41) is 3.15. The van der Waals surface area contributed by atoms with Crippen molar-refractivity contribution in [1.29, 1.82) is 0 Å². The summed E-state index contributed by atoms with van der Waals surface area (Å²) in [5.74, 6) is 0.721. The Kier molecular flexibility index (Phi) is 6.40. The number of halogens is 1. The topological polar surface area (TPSA) is 75.9 Å². The maximum absolute atomic E-state index is 13.6. The molecule has 2 aromatic heterocycles. The Hall–Kier alpha value is -4.79. The van der Waals surface area contributed by atoms with E-state index in [-0.39, 0.29) is 10.7 Å². The number of imidazole rings is 1. The molecule has 0 spiro atoms. The fourth-order valence-electron chi connectivity index (χ4n) is 4.32. The number of benzene rings is 3. The summed E-state index contributed by atoms with van der Waals surface area (Å²) >= 11 is 11.8. The Balaban J connectivity index is 1.36. The molecule has 0 saturated carbocycles. The lowest BCUT2D eigenvalue weighted by Gasteiger charge is -2.28. The molecule has 7 nitrogen and oxygen atoms in total. The number of anilines is 1. The molecular weight excluding hydrogens is 532 g/mol. The molecule has 5 aromatic rings. The lowest BCUT2D eigenvalue weighted by molar-refractivity contribution is -0.122. The second kappa shape index (κ2) is 10.2. The molecule has 39 heavy (non-hydrogen) atoms. The van der Waals surface area contributed by atoms with Crippen molar-refractivity contribution >= 4 is 58.0 Å². The van der Waals surface area contributed by atoms with Crippen LogP contribution >= 0.6 is 23.8 Å². The van der Waals surface area contributed by atoms with Gasteiger partial charge in [-0.1, -0.05) is 48.0 Å². The maximum atomic E-state index is 13.6. The molecule has 1 fully saturated rings. The number of thiocarbonyl (C=S) groups is 1. The normalized spacial score (nSPS) is 14.6. The SMILES string of the molecule is O=C1NC(=S)N(c2ccc(Oc3ccccc3)cc2)C(=O)C1=Cc1nc(-c2ccccc2Cl)n2ccccc12. The average Bonchev–Trinajstić information content (AvgIpc) is 3.31. The Labute approximate surface area is 233 Å². The van der Waals surface area contributed by atoms with Gasteiger partial charge in [0.15, 0.2) is 5.11 Å². The Bertz CT molecular complexity index is 1780. The van der Waals surface area contributed by atoms with Crippen molar-refractivity contribution in [1.82, 2.24) is 14.7 Å². The van der Waals surface area contributed by atoms with E-state index in [1.54, 1.807) is 30.3 Å². The van der Waals surface area contributed by atoms with Crippen LogP contribution < -0.4 is 15.0 Å². The smallest absolute Gasteiger partial charge is 0.270 e. The van der Waals surface area contributed by atoms with E-state index in [0.29, 0.717) is 39.2 Å². The van der Waals surface area contributed by atoms with Gasteiger partial charge in [0.1, 0.15) is 22.9 Å². The number of amides is 2. The van der Waals surface area contributed by atoms with E-state index in [2.05, 4.69) is 5.32 Å². The number of pyridine rings is 1. The third-order valence-electron chi connectivity index (χ3n) is 6.15. The fourth-order valence-corrected chi connectivity index (χ4v) is 4.82. The lowest BCUT2D eigenvalue weighted by Crippen LogP contribution is -2.54. The number of ether oxygens (including phenoxy) is 1. The van der Waals surface area contributed by atoms with Gasteiger partial charge < -0.3 is 4.74 Å². The van der Waals surface area contributed by atoms with Crippen molar-refractivity contribution in [2.75, 3.05) is 4.90 Å². The molecule has 3 heterocycles. The molecule has 1 aliphatic heterocycles. The van der Waals surface area contributed by atoms with E-state index in [0.717, 1.165) is 5.56 Å². The van der Waals surface area contributed by atoms with Crippen molar-refractivity contribution in [3.8, 4) is 22.9 Å². The molecule has 1 saturated heterocycles. The zero-order chi connectivity index (χ0) is 26.9. The zero-order valence-electron chi connectivity index (χ0n) is 20.2. The molecule has 0 unspecified atom stereocenters. The molecule has 190 valence electrons. The highest BCUT2D eigenvalue weighted by molar-refractivity contribution is 7.80. The zero-order valence-corrected chi connectivity index (χ0v) is 21.8. The van der Waals surface area contributed by atoms with E-state index in [1.807, 2.05) is 77.3 Å². The number of carbonyl (C=O) groups is 2. The molecule has 1 N–H and O–H groups in total. The molecular formula is C30H19ClN4O3S. The molecule has 0 bridgehead atoms. The molecule has 0 radical (unpaired) electrons. The minimum absolute atomic E-state index is 0.00895.